The van der Waals surface area contributed by atoms with Crippen LogP contribution in [0.2, 0.25) is 0 Å². The maximum Gasteiger partial charge on any atom is -0.0134 e. The van der Waals surface area contributed by atoms with E-state index in [-0.39, 0.29) is 28.2 Å². The van der Waals surface area contributed by atoms with Crippen molar-refractivity contribution in [3.8, 4) is 0 Å². The number of rotatable bonds is 6. The summed E-state index contributed by atoms with van der Waals surface area (Å²) < 4.78 is 13.7. The van der Waals surface area contributed by atoms with Gasteiger partial charge in [-0.3, -0.25) is 0 Å². The van der Waals surface area contributed by atoms with Gasteiger partial charge in [-0.25, -0.2) is 0 Å². The first-order valence-corrected chi connectivity index (χ1v) is 15.6. The van der Waals surface area contributed by atoms with E-state index < -0.39 is 7.92 Å². The van der Waals surface area contributed by atoms with Gasteiger partial charge in [-0.15, -0.1) is 0 Å². The zero-order chi connectivity index (χ0) is 28.9. The standard InChI is InChI=1S/C18H15P.C12H15BN6S3.Pt.H/c1-4-10-16(11-5-1)19(17-12-6-2-7-13-17)18-14-8-3-9-15-18;1-14-4-7-17(10(14)20)13(18-8-5-15(2)11(18)21)19-9-6-16(3)12(19)22;;/h1-15H;4-9H,1-3H3;;/q;;+1;. The zero-order valence-electron chi connectivity index (χ0n) is 23.4. The van der Waals surface area contributed by atoms with Crippen molar-refractivity contribution < 1.29 is 21.1 Å². The first-order chi connectivity index (χ1) is 19.9. The minimum absolute atomic E-state index is 0. The number of imidazole rings is 3. The fourth-order valence-corrected chi connectivity index (χ4v) is 7.51. The molecule has 0 amide bonds. The second kappa shape index (κ2) is 14.5. The maximum absolute atomic E-state index is 5.52. The predicted octanol–water partition coefficient (Wildman–Crippen LogP) is 5.40. The Bertz CT molecular complexity index is 1690. The Morgan fingerprint density at radius 3 is 0.929 bits per heavy atom. The quantitative estimate of drug-likeness (QED) is 0.129. The van der Waals surface area contributed by atoms with E-state index in [1.54, 1.807) is 0 Å². The Kier molecular flexibility index (Phi) is 11.1. The molecular weight excluding hydrogens is 777 g/mol. The molecule has 6 rings (SSSR count). The molecule has 0 saturated heterocycles. The van der Waals surface area contributed by atoms with Crippen molar-refractivity contribution >= 4 is 67.6 Å². The Labute approximate surface area is 277 Å². The van der Waals surface area contributed by atoms with Crippen molar-refractivity contribution in [3.63, 3.8) is 0 Å². The van der Waals surface area contributed by atoms with E-state index >= 15 is 0 Å². The normalized spacial score (nSPS) is 10.6. The van der Waals surface area contributed by atoms with Gasteiger partial charge in [0.05, 0.1) is 0 Å². The summed E-state index contributed by atoms with van der Waals surface area (Å²) in [4.78, 5) is 0. The minimum Gasteiger partial charge on any atom is -0.0622 e. The molecule has 6 aromatic rings. The molecule has 42 heavy (non-hydrogen) atoms. The largest absolute Gasteiger partial charge is 0.0622 e. The van der Waals surface area contributed by atoms with E-state index in [0.717, 1.165) is 0 Å². The third-order valence-corrected chi connectivity index (χ3v) is 10.7. The summed E-state index contributed by atoms with van der Waals surface area (Å²) in [5.74, 6) is 0. The van der Waals surface area contributed by atoms with Crippen LogP contribution in [-0.4, -0.2) is 34.3 Å². The Morgan fingerprint density at radius 2 is 0.714 bits per heavy atom. The molecule has 0 saturated carbocycles. The topological polar surface area (TPSA) is 29.6 Å². The van der Waals surface area contributed by atoms with E-state index in [0.29, 0.717) is 14.3 Å². The monoisotopic (exact) mass is 808 g/mol. The van der Waals surface area contributed by atoms with E-state index in [4.69, 9.17) is 36.7 Å². The number of aryl methyl sites for hydroxylation is 3. The molecule has 12 heteroatoms. The van der Waals surface area contributed by atoms with Gasteiger partial charge in [0.15, 0.2) is 14.3 Å². The molecule has 0 atom stereocenters. The first kappa shape index (κ1) is 32.1. The summed E-state index contributed by atoms with van der Waals surface area (Å²) in [5, 5.41) is 4.19. The molecule has 0 spiro atoms. The fraction of sp³-hybridized carbons (Fsp3) is 0.100. The third-order valence-electron chi connectivity index (χ3n) is 6.71. The molecule has 0 N–H and O–H groups in total. The molecule has 0 aliphatic rings. The first-order valence-electron chi connectivity index (χ1n) is 13.0. The fourth-order valence-electron chi connectivity index (χ4n) is 4.55. The molecule has 0 bridgehead atoms. The molecule has 0 aliphatic carbocycles. The van der Waals surface area contributed by atoms with Gasteiger partial charge in [0, 0.05) is 58.3 Å². The smallest absolute Gasteiger partial charge is 0.0134 e. The van der Waals surface area contributed by atoms with Crippen molar-refractivity contribution in [3.05, 3.63) is 142 Å². The molecule has 6 nitrogen and oxygen atoms in total. The van der Waals surface area contributed by atoms with Crippen molar-refractivity contribution in [2.24, 2.45) is 21.1 Å². The van der Waals surface area contributed by atoms with Crippen LogP contribution in [-0.2, 0) is 42.2 Å². The second-order valence-electron chi connectivity index (χ2n) is 9.49. The van der Waals surface area contributed by atoms with Gasteiger partial charge in [0.25, 0.3) is 0 Å². The van der Waals surface area contributed by atoms with Gasteiger partial charge in [-0.2, -0.15) is 0 Å². The van der Waals surface area contributed by atoms with Crippen LogP contribution in [0.4, 0.5) is 0 Å². The Balaban J connectivity index is 0.000000190. The van der Waals surface area contributed by atoms with Crippen LogP contribution in [0.15, 0.2) is 128 Å². The molecule has 0 unspecified atom stereocenters. The van der Waals surface area contributed by atoms with Gasteiger partial charge < -0.3 is 27.1 Å². The van der Waals surface area contributed by atoms with Crippen molar-refractivity contribution in [2.75, 3.05) is 0 Å². The molecule has 1 radical (unpaired) electrons. The Morgan fingerprint density at radius 1 is 0.452 bits per heavy atom. The average Bonchev–Trinajstić information content (AvgIpc) is 3.64. The molecule has 3 aromatic carbocycles. The number of hydrogen-bond acceptors (Lipinski definition) is 3. The van der Waals surface area contributed by atoms with E-state index in [1.807, 2.05) is 85.5 Å². The molecule has 0 aliphatic heterocycles. The zero-order valence-corrected chi connectivity index (χ0v) is 29.1. The van der Waals surface area contributed by atoms with Crippen LogP contribution in [0.5, 0.6) is 0 Å². The van der Waals surface area contributed by atoms with Crippen molar-refractivity contribution in [1.82, 2.24) is 27.1 Å². The molecule has 216 valence electrons. The number of benzene rings is 3. The predicted molar refractivity (Wildman–Crippen MR) is 181 cm³/mol. The average molecular weight is 809 g/mol. The van der Waals surface area contributed by atoms with Gasteiger partial charge in [-0.05, 0) is 60.5 Å². The summed E-state index contributed by atoms with van der Waals surface area (Å²) in [6.45, 7) is 0. The Hall–Kier alpha value is -2.87. The number of hydrogen-bond donors (Lipinski definition) is 0. The van der Waals surface area contributed by atoms with E-state index in [1.165, 1.54) is 15.9 Å². The van der Waals surface area contributed by atoms with E-state index in [9.17, 15) is 0 Å². The van der Waals surface area contributed by atoms with Gasteiger partial charge in [0.1, 0.15) is 0 Å². The molecule has 3 heterocycles. The van der Waals surface area contributed by atoms with Crippen molar-refractivity contribution in [1.29, 1.82) is 0 Å². The summed E-state index contributed by atoms with van der Waals surface area (Å²) in [6, 6.07) is 32.3. The van der Waals surface area contributed by atoms with Crippen LogP contribution in [0, 0.1) is 14.3 Å². The summed E-state index contributed by atoms with van der Waals surface area (Å²) >= 11 is 16.6. The van der Waals surface area contributed by atoms with Gasteiger partial charge in [-0.1, -0.05) is 91.0 Å². The SMILES string of the molecule is Cn1ccn(B(n2ccn(C)c2=S)n2ccn(C)c2=S)c1=S.[PtH+].c1ccc(P(c2ccccc2)c2ccccc2)cc1. The number of nitrogens with zero attached hydrogens (tertiary/aromatic N) is 6. The van der Waals surface area contributed by atoms with Gasteiger partial charge >= 0.3 is 28.2 Å². The van der Waals surface area contributed by atoms with Crippen LogP contribution < -0.4 is 15.9 Å². The summed E-state index contributed by atoms with van der Waals surface area (Å²) in [6.07, 6.45) is 11.6. The second-order valence-corrected chi connectivity index (χ2v) is 12.8. The van der Waals surface area contributed by atoms with Crippen LogP contribution in [0.3, 0.4) is 0 Å². The van der Waals surface area contributed by atoms with Gasteiger partial charge in [0.2, 0.25) is 0 Å². The summed E-state index contributed by atoms with van der Waals surface area (Å²) in [5.41, 5.74) is 0. The van der Waals surface area contributed by atoms with Crippen LogP contribution in [0.25, 0.3) is 0 Å². The summed E-state index contributed by atoms with van der Waals surface area (Å²) in [7, 11) is 5.05. The van der Waals surface area contributed by atoms with Crippen LogP contribution >= 0.6 is 44.6 Å². The molecule has 0 fully saturated rings. The molecule has 3 aromatic heterocycles. The minimum atomic E-state index is -0.446. The van der Waals surface area contributed by atoms with E-state index in [2.05, 4.69) is 91.0 Å². The van der Waals surface area contributed by atoms with Crippen molar-refractivity contribution in [2.45, 2.75) is 0 Å². The third kappa shape index (κ3) is 6.85. The van der Waals surface area contributed by atoms with Crippen LogP contribution in [0.1, 0.15) is 0 Å². The maximum atomic E-state index is 5.52. The molecular formula is C30H31BN6PPtS3+. The number of aromatic nitrogens is 6.